The van der Waals surface area contributed by atoms with Crippen molar-refractivity contribution >= 4 is 11.6 Å². The predicted octanol–water partition coefficient (Wildman–Crippen LogP) is 3.46. The van der Waals surface area contributed by atoms with Crippen LogP contribution in [0.3, 0.4) is 0 Å². The van der Waals surface area contributed by atoms with E-state index in [4.69, 9.17) is 21.8 Å². The number of benzene rings is 1. The summed E-state index contributed by atoms with van der Waals surface area (Å²) in [5.74, 6) is 0.181. The molecule has 2 rings (SSSR count). The minimum Gasteiger partial charge on any atom is -0.466 e. The minimum absolute atomic E-state index is 0.0215. The number of aryl methyl sites for hydroxylation is 2. The first kappa shape index (κ1) is 15.0. The number of hydrogen-bond donors (Lipinski definition) is 2. The van der Waals surface area contributed by atoms with Crippen molar-refractivity contribution in [2.24, 2.45) is 5.73 Å². The zero-order chi connectivity index (χ0) is 14.9. The van der Waals surface area contributed by atoms with Crippen LogP contribution in [0.25, 0.3) is 0 Å². The Morgan fingerprint density at radius 3 is 2.60 bits per heavy atom. The highest BCUT2D eigenvalue weighted by atomic mass is 35.5. The molecule has 1 aromatic carbocycles. The third-order valence-electron chi connectivity index (χ3n) is 3.41. The van der Waals surface area contributed by atoms with Crippen molar-refractivity contribution in [3.8, 4) is 0 Å². The molecule has 0 bridgehead atoms. The van der Waals surface area contributed by atoms with Crippen molar-refractivity contribution in [3.63, 3.8) is 0 Å². The molecule has 0 saturated carbocycles. The Kier molecular flexibility index (Phi) is 4.48. The standard InChI is InChI=1S/C15H17ClFNO2/c1-8-6-11(9(2)20-8)15(19)12(7-18)10-4-3-5-13(16)14(10)17/h3-6,12,15,19H,7,18H2,1-2H3. The van der Waals surface area contributed by atoms with Crippen molar-refractivity contribution in [2.75, 3.05) is 6.54 Å². The lowest BCUT2D eigenvalue weighted by atomic mass is 9.89. The number of aliphatic hydroxyl groups excluding tert-OH is 1. The number of aliphatic hydroxyl groups is 1. The molecule has 20 heavy (non-hydrogen) atoms. The Balaban J connectivity index is 2.42. The van der Waals surface area contributed by atoms with Gasteiger partial charge < -0.3 is 15.3 Å². The summed E-state index contributed by atoms with van der Waals surface area (Å²) in [7, 11) is 0. The molecule has 0 aliphatic rings. The summed E-state index contributed by atoms with van der Waals surface area (Å²) in [6, 6.07) is 6.44. The van der Waals surface area contributed by atoms with Crippen LogP contribution in [0.2, 0.25) is 5.02 Å². The van der Waals surface area contributed by atoms with Gasteiger partial charge >= 0.3 is 0 Å². The van der Waals surface area contributed by atoms with Crippen LogP contribution in [0.4, 0.5) is 4.39 Å². The molecule has 108 valence electrons. The molecule has 2 unspecified atom stereocenters. The van der Waals surface area contributed by atoms with Crippen molar-refractivity contribution in [1.29, 1.82) is 0 Å². The number of nitrogens with two attached hydrogens (primary N) is 1. The number of furan rings is 1. The van der Waals surface area contributed by atoms with Crippen molar-refractivity contribution in [2.45, 2.75) is 25.9 Å². The summed E-state index contributed by atoms with van der Waals surface area (Å²) in [4.78, 5) is 0. The van der Waals surface area contributed by atoms with E-state index in [9.17, 15) is 9.50 Å². The van der Waals surface area contributed by atoms with E-state index in [-0.39, 0.29) is 11.6 Å². The predicted molar refractivity (Wildman–Crippen MR) is 76.3 cm³/mol. The molecule has 0 fully saturated rings. The summed E-state index contributed by atoms with van der Waals surface area (Å²) < 4.78 is 19.5. The summed E-state index contributed by atoms with van der Waals surface area (Å²) in [5, 5.41) is 10.5. The van der Waals surface area contributed by atoms with E-state index in [0.29, 0.717) is 22.6 Å². The monoisotopic (exact) mass is 297 g/mol. The second-order valence-corrected chi connectivity index (χ2v) is 5.21. The molecule has 5 heteroatoms. The van der Waals surface area contributed by atoms with Crippen molar-refractivity contribution < 1.29 is 13.9 Å². The van der Waals surface area contributed by atoms with Gasteiger partial charge in [0.15, 0.2) is 0 Å². The summed E-state index contributed by atoms with van der Waals surface area (Å²) >= 11 is 5.78. The Morgan fingerprint density at radius 2 is 2.05 bits per heavy atom. The quantitative estimate of drug-likeness (QED) is 0.908. The molecule has 2 atom stereocenters. The van der Waals surface area contributed by atoms with Crippen LogP contribution < -0.4 is 5.73 Å². The maximum absolute atomic E-state index is 14.1. The summed E-state index contributed by atoms with van der Waals surface area (Å²) in [6.07, 6.45) is -0.939. The molecule has 0 saturated heterocycles. The second-order valence-electron chi connectivity index (χ2n) is 4.80. The molecule has 0 aliphatic heterocycles. The smallest absolute Gasteiger partial charge is 0.145 e. The Hall–Kier alpha value is -1.36. The van der Waals surface area contributed by atoms with Gasteiger partial charge in [-0.1, -0.05) is 23.7 Å². The number of halogens is 2. The summed E-state index contributed by atoms with van der Waals surface area (Å²) in [6.45, 7) is 3.65. The molecular formula is C15H17ClFNO2. The topological polar surface area (TPSA) is 59.4 Å². The second kappa shape index (κ2) is 5.95. The van der Waals surface area contributed by atoms with Crippen LogP contribution in [-0.4, -0.2) is 11.7 Å². The highest BCUT2D eigenvalue weighted by Gasteiger charge is 2.27. The maximum Gasteiger partial charge on any atom is 0.145 e. The lowest BCUT2D eigenvalue weighted by molar-refractivity contribution is 0.144. The van der Waals surface area contributed by atoms with E-state index in [0.717, 1.165) is 0 Å². The van der Waals surface area contributed by atoms with Gasteiger partial charge in [0.25, 0.3) is 0 Å². The molecular weight excluding hydrogens is 281 g/mol. The molecule has 0 amide bonds. The van der Waals surface area contributed by atoms with Crippen LogP contribution >= 0.6 is 11.6 Å². The van der Waals surface area contributed by atoms with Gasteiger partial charge in [-0.3, -0.25) is 0 Å². The first-order chi connectivity index (χ1) is 9.45. The Bertz CT molecular complexity index is 612. The van der Waals surface area contributed by atoms with Gasteiger partial charge in [-0.25, -0.2) is 4.39 Å². The van der Waals surface area contributed by atoms with Crippen molar-refractivity contribution in [1.82, 2.24) is 0 Å². The van der Waals surface area contributed by atoms with Gasteiger partial charge in [-0.2, -0.15) is 0 Å². The van der Waals surface area contributed by atoms with E-state index in [1.54, 1.807) is 32.0 Å². The van der Waals surface area contributed by atoms with Gasteiger partial charge in [-0.05, 0) is 31.5 Å². The number of rotatable bonds is 4. The first-order valence-electron chi connectivity index (χ1n) is 6.34. The van der Waals surface area contributed by atoms with E-state index in [1.165, 1.54) is 6.07 Å². The zero-order valence-corrected chi connectivity index (χ0v) is 12.1. The largest absolute Gasteiger partial charge is 0.466 e. The molecule has 1 aromatic heterocycles. The molecule has 0 radical (unpaired) electrons. The third kappa shape index (κ3) is 2.73. The van der Waals surface area contributed by atoms with Crippen LogP contribution in [0.15, 0.2) is 28.7 Å². The zero-order valence-electron chi connectivity index (χ0n) is 11.4. The van der Waals surface area contributed by atoms with E-state index >= 15 is 0 Å². The Morgan fingerprint density at radius 1 is 1.35 bits per heavy atom. The van der Waals surface area contributed by atoms with Crippen LogP contribution in [-0.2, 0) is 0 Å². The minimum atomic E-state index is -0.939. The highest BCUT2D eigenvalue weighted by molar-refractivity contribution is 6.30. The fourth-order valence-electron chi connectivity index (χ4n) is 2.39. The fourth-order valence-corrected chi connectivity index (χ4v) is 2.58. The van der Waals surface area contributed by atoms with E-state index < -0.39 is 17.8 Å². The highest BCUT2D eigenvalue weighted by Crippen LogP contribution is 2.35. The van der Waals surface area contributed by atoms with Gasteiger partial charge in [0.1, 0.15) is 17.3 Å². The molecule has 2 aromatic rings. The average Bonchev–Trinajstić information content (AvgIpc) is 2.74. The normalized spacial score (nSPS) is 14.3. The van der Waals surface area contributed by atoms with Crippen LogP contribution in [0.1, 0.15) is 34.7 Å². The number of hydrogen-bond acceptors (Lipinski definition) is 3. The van der Waals surface area contributed by atoms with Gasteiger partial charge in [-0.15, -0.1) is 0 Å². The van der Waals surface area contributed by atoms with Crippen LogP contribution in [0, 0.1) is 19.7 Å². The van der Waals surface area contributed by atoms with Crippen molar-refractivity contribution in [3.05, 3.63) is 57.8 Å². The summed E-state index contributed by atoms with van der Waals surface area (Å²) in [5.41, 5.74) is 6.65. The molecule has 3 nitrogen and oxygen atoms in total. The lowest BCUT2D eigenvalue weighted by Gasteiger charge is -2.22. The van der Waals surface area contributed by atoms with Crippen LogP contribution in [0.5, 0.6) is 0 Å². The van der Waals surface area contributed by atoms with E-state index in [2.05, 4.69) is 0 Å². The lowest BCUT2D eigenvalue weighted by Crippen LogP contribution is -2.21. The average molecular weight is 298 g/mol. The Labute approximate surface area is 122 Å². The molecule has 3 N–H and O–H groups in total. The molecule has 0 aliphatic carbocycles. The van der Waals surface area contributed by atoms with E-state index in [1.807, 2.05) is 0 Å². The third-order valence-corrected chi connectivity index (χ3v) is 3.71. The maximum atomic E-state index is 14.1. The van der Waals surface area contributed by atoms with Gasteiger partial charge in [0.2, 0.25) is 0 Å². The van der Waals surface area contributed by atoms with Gasteiger partial charge in [0.05, 0.1) is 11.1 Å². The SMILES string of the molecule is Cc1cc(C(O)C(CN)c2cccc(Cl)c2F)c(C)o1. The van der Waals surface area contributed by atoms with Gasteiger partial charge in [0, 0.05) is 18.0 Å². The first-order valence-corrected chi connectivity index (χ1v) is 6.72. The molecule has 0 spiro atoms. The molecule has 1 heterocycles. The fraction of sp³-hybridized carbons (Fsp3) is 0.333.